The maximum atomic E-state index is 12.5. The molecule has 1 aromatic carbocycles. The van der Waals surface area contributed by atoms with Gasteiger partial charge in [-0.2, -0.15) is 0 Å². The molecule has 4 atom stereocenters. The zero-order chi connectivity index (χ0) is 15.7. The summed E-state index contributed by atoms with van der Waals surface area (Å²) in [5, 5.41) is 0. The van der Waals surface area contributed by atoms with E-state index in [0.717, 1.165) is 19.5 Å². The molecule has 0 aromatic heterocycles. The van der Waals surface area contributed by atoms with Crippen molar-refractivity contribution in [2.75, 3.05) is 34.2 Å². The second-order valence-corrected chi connectivity index (χ2v) is 6.99. The van der Waals surface area contributed by atoms with E-state index < -0.39 is 0 Å². The molecule has 4 unspecified atom stereocenters. The molecule has 2 aliphatic rings. The Morgan fingerprint density at radius 1 is 1.12 bits per heavy atom. The number of hydrogen-bond acceptors (Lipinski definition) is 4. The minimum Gasteiger partial charge on any atom is -0.458 e. The van der Waals surface area contributed by atoms with Crippen molar-refractivity contribution in [3.63, 3.8) is 0 Å². The topological polar surface area (TPSA) is 32.8 Å². The molecule has 0 N–H and O–H groups in total. The van der Waals surface area contributed by atoms with Gasteiger partial charge in [-0.25, -0.2) is 4.79 Å². The summed E-state index contributed by atoms with van der Waals surface area (Å²) in [6, 6.07) is 9.84. The fourth-order valence-electron chi connectivity index (χ4n) is 4.18. The quantitative estimate of drug-likeness (QED) is 0.761. The van der Waals surface area contributed by atoms with Gasteiger partial charge in [0.2, 0.25) is 0 Å². The zero-order valence-electron chi connectivity index (χ0n) is 14.6. The number of carbonyl (C=O) groups excluding carboxylic acids is 1. The third-order valence-corrected chi connectivity index (χ3v) is 5.20. The Morgan fingerprint density at radius 2 is 1.79 bits per heavy atom. The first-order valence-electron chi connectivity index (χ1n) is 8.17. The van der Waals surface area contributed by atoms with Crippen molar-refractivity contribution in [2.24, 2.45) is 11.8 Å². The number of nitrogens with zero attached hydrogens (tertiary/aromatic N) is 2. The van der Waals surface area contributed by atoms with E-state index in [2.05, 4.69) is 30.9 Å². The fourth-order valence-corrected chi connectivity index (χ4v) is 4.18. The summed E-state index contributed by atoms with van der Waals surface area (Å²) in [6.07, 6.45) is 2.39. The van der Waals surface area contributed by atoms with Crippen molar-refractivity contribution in [1.82, 2.24) is 9.80 Å². The van der Waals surface area contributed by atoms with Crippen LogP contribution in [0.25, 0.3) is 0 Å². The Bertz CT molecular complexity index is 527. The van der Waals surface area contributed by atoms with Crippen molar-refractivity contribution in [3.05, 3.63) is 35.9 Å². The second kappa shape index (κ2) is 9.04. The van der Waals surface area contributed by atoms with Crippen molar-refractivity contribution in [2.45, 2.75) is 25.0 Å². The van der Waals surface area contributed by atoms with Gasteiger partial charge in [-0.1, -0.05) is 18.2 Å². The fraction of sp³-hybridized carbons (Fsp3) is 0.611. The minimum atomic E-state index is -0.176. The van der Waals surface area contributed by atoms with Crippen LogP contribution in [-0.2, 0) is 4.74 Å². The average Bonchev–Trinajstić information content (AvgIpc) is 2.49. The molecule has 1 saturated heterocycles. The van der Waals surface area contributed by atoms with Gasteiger partial charge < -0.3 is 14.5 Å². The number of carbonyl (C=O) groups is 1. The normalized spacial score (nSPS) is 29.3. The molecule has 4 nitrogen and oxygen atoms in total. The first-order valence-corrected chi connectivity index (χ1v) is 8.17. The Labute approximate surface area is 157 Å². The van der Waals surface area contributed by atoms with E-state index in [-0.39, 0.29) is 36.9 Å². The number of halogens is 2. The Kier molecular flexibility index (Phi) is 8.00. The number of likely N-dealkylation sites (tertiary alicyclic amines) is 1. The molecule has 136 valence electrons. The summed E-state index contributed by atoms with van der Waals surface area (Å²) < 4.78 is 5.98. The molecule has 3 rings (SSSR count). The molecule has 1 aliphatic carbocycles. The molecule has 0 amide bonds. The van der Waals surface area contributed by atoms with Gasteiger partial charge >= 0.3 is 5.97 Å². The molecule has 0 spiro atoms. The third kappa shape index (κ3) is 4.42. The van der Waals surface area contributed by atoms with E-state index >= 15 is 0 Å². The number of hydrogen-bond donors (Lipinski definition) is 0. The Morgan fingerprint density at radius 3 is 2.42 bits per heavy atom. The van der Waals surface area contributed by atoms with E-state index in [1.54, 1.807) is 0 Å². The minimum absolute atomic E-state index is 0. The predicted molar refractivity (Wildman–Crippen MR) is 101 cm³/mol. The highest BCUT2D eigenvalue weighted by Gasteiger charge is 2.46. The number of rotatable bonds is 3. The van der Waals surface area contributed by atoms with Gasteiger partial charge in [0.1, 0.15) is 6.10 Å². The van der Waals surface area contributed by atoms with Crippen LogP contribution < -0.4 is 0 Å². The van der Waals surface area contributed by atoms with Gasteiger partial charge in [0.25, 0.3) is 0 Å². The van der Waals surface area contributed by atoms with E-state index in [4.69, 9.17) is 4.74 Å². The summed E-state index contributed by atoms with van der Waals surface area (Å²) >= 11 is 0. The van der Waals surface area contributed by atoms with Gasteiger partial charge in [0, 0.05) is 31.0 Å². The summed E-state index contributed by atoms with van der Waals surface area (Å²) in [5.41, 5.74) is 0.654. The van der Waals surface area contributed by atoms with Crippen LogP contribution in [0.5, 0.6) is 0 Å². The van der Waals surface area contributed by atoms with Crippen LogP contribution in [0.2, 0.25) is 0 Å². The highest BCUT2D eigenvalue weighted by Crippen LogP contribution is 2.38. The lowest BCUT2D eigenvalue weighted by atomic mass is 9.72. The van der Waals surface area contributed by atoms with Gasteiger partial charge in [-0.15, -0.1) is 24.8 Å². The van der Waals surface area contributed by atoms with E-state index in [0.29, 0.717) is 23.4 Å². The van der Waals surface area contributed by atoms with Gasteiger partial charge in [0.15, 0.2) is 0 Å². The Balaban J connectivity index is 0.00000144. The number of ether oxygens (including phenoxy) is 1. The number of esters is 1. The molecule has 24 heavy (non-hydrogen) atoms. The highest BCUT2D eigenvalue weighted by atomic mass is 35.5. The van der Waals surface area contributed by atoms with Gasteiger partial charge in [-0.3, -0.25) is 0 Å². The van der Waals surface area contributed by atoms with Crippen LogP contribution in [-0.4, -0.2) is 62.1 Å². The molecule has 1 aliphatic heterocycles. The van der Waals surface area contributed by atoms with Crippen molar-refractivity contribution < 1.29 is 9.53 Å². The summed E-state index contributed by atoms with van der Waals surface area (Å²) in [5.74, 6) is 0.692. The van der Waals surface area contributed by atoms with E-state index in [9.17, 15) is 4.79 Å². The molecule has 6 heteroatoms. The SMILES string of the molecule is CN1CC2CCC(N(C)C)C(C1)C2OC(=O)c1ccccc1.Cl.Cl. The van der Waals surface area contributed by atoms with Crippen molar-refractivity contribution in [3.8, 4) is 0 Å². The zero-order valence-corrected chi connectivity index (χ0v) is 16.2. The maximum Gasteiger partial charge on any atom is 0.338 e. The van der Waals surface area contributed by atoms with Crippen LogP contribution >= 0.6 is 24.8 Å². The summed E-state index contributed by atoms with van der Waals surface area (Å²) in [6.45, 7) is 2.04. The Hall–Kier alpha value is -0.810. The van der Waals surface area contributed by atoms with Crippen LogP contribution in [0.4, 0.5) is 0 Å². The van der Waals surface area contributed by atoms with Gasteiger partial charge in [-0.05, 0) is 46.1 Å². The van der Waals surface area contributed by atoms with Gasteiger partial charge in [0.05, 0.1) is 5.56 Å². The smallest absolute Gasteiger partial charge is 0.338 e. The lowest BCUT2D eigenvalue weighted by Gasteiger charge is -2.50. The third-order valence-electron chi connectivity index (χ3n) is 5.20. The number of fused-ring (bicyclic) bond motifs is 2. The first-order chi connectivity index (χ1) is 10.6. The summed E-state index contributed by atoms with van der Waals surface area (Å²) in [4.78, 5) is 17.1. The molecule has 0 radical (unpaired) electrons. The van der Waals surface area contributed by atoms with E-state index in [1.807, 2.05) is 30.3 Å². The molecular formula is C18H28Cl2N2O2. The largest absolute Gasteiger partial charge is 0.458 e. The van der Waals surface area contributed by atoms with Crippen LogP contribution in [0.3, 0.4) is 0 Å². The standard InChI is InChI=1S/C18H26N2O2.2ClH/c1-19(2)16-10-9-14-11-20(3)12-15(16)17(14)22-18(21)13-7-5-4-6-8-13;;/h4-8,14-17H,9-12H2,1-3H3;2*1H. The van der Waals surface area contributed by atoms with E-state index in [1.165, 1.54) is 6.42 Å². The monoisotopic (exact) mass is 374 g/mol. The maximum absolute atomic E-state index is 12.5. The average molecular weight is 375 g/mol. The summed E-state index contributed by atoms with van der Waals surface area (Å²) in [7, 11) is 6.44. The predicted octanol–water partition coefficient (Wildman–Crippen LogP) is 2.96. The molecule has 2 bridgehead atoms. The lowest BCUT2D eigenvalue weighted by Crippen LogP contribution is -2.59. The molecule has 1 saturated carbocycles. The molecule has 2 fully saturated rings. The van der Waals surface area contributed by atoms with Crippen LogP contribution in [0.1, 0.15) is 23.2 Å². The van der Waals surface area contributed by atoms with Crippen LogP contribution in [0, 0.1) is 11.8 Å². The van der Waals surface area contributed by atoms with Crippen molar-refractivity contribution in [1.29, 1.82) is 0 Å². The molecule has 1 aromatic rings. The lowest BCUT2D eigenvalue weighted by molar-refractivity contribution is -0.0873. The van der Waals surface area contributed by atoms with Crippen molar-refractivity contribution >= 4 is 30.8 Å². The molecular weight excluding hydrogens is 347 g/mol. The number of benzene rings is 1. The second-order valence-electron chi connectivity index (χ2n) is 6.99. The highest BCUT2D eigenvalue weighted by molar-refractivity contribution is 5.89. The van der Waals surface area contributed by atoms with Crippen LogP contribution in [0.15, 0.2) is 30.3 Å². The first kappa shape index (κ1) is 21.2. The molecule has 1 heterocycles. The number of piperidine rings is 1.